The largest absolute Gasteiger partial charge is 0.300 e. The van der Waals surface area contributed by atoms with Crippen molar-refractivity contribution in [3.05, 3.63) is 12.2 Å². The molecule has 0 aromatic rings. The average molecular weight is 152 g/mol. The molecule has 1 fully saturated rings. The fourth-order valence-corrected chi connectivity index (χ4v) is 1.69. The number of allylic oxidation sites excluding steroid dienone is 1. The fourth-order valence-electron chi connectivity index (χ4n) is 1.69. The molecule has 0 aliphatic heterocycles. The van der Waals surface area contributed by atoms with E-state index in [9.17, 15) is 4.79 Å². The average Bonchev–Trinajstić information content (AvgIpc) is 2.36. The van der Waals surface area contributed by atoms with Gasteiger partial charge in [-0.3, -0.25) is 4.79 Å². The van der Waals surface area contributed by atoms with Gasteiger partial charge in [-0.2, -0.15) is 0 Å². The molecule has 0 radical (unpaired) electrons. The maximum absolute atomic E-state index is 10.9. The lowest BCUT2D eigenvalue weighted by atomic mass is 9.95. The molecular weight excluding hydrogens is 136 g/mol. The maximum Gasteiger partial charge on any atom is 0.133 e. The Morgan fingerprint density at radius 3 is 2.91 bits per heavy atom. The first-order valence-corrected chi connectivity index (χ1v) is 4.43. The molecule has 1 unspecified atom stereocenters. The number of carbonyl (C=O) groups is 1. The van der Waals surface area contributed by atoms with Gasteiger partial charge in [-0.05, 0) is 18.8 Å². The molecule has 1 aliphatic carbocycles. The van der Waals surface area contributed by atoms with Crippen molar-refractivity contribution in [2.75, 3.05) is 0 Å². The van der Waals surface area contributed by atoms with Gasteiger partial charge in [0.2, 0.25) is 0 Å². The first-order valence-electron chi connectivity index (χ1n) is 4.43. The normalized spacial score (nSPS) is 24.1. The molecule has 0 heterocycles. The Bertz CT molecular complexity index is 170. The lowest BCUT2D eigenvalue weighted by Gasteiger charge is -2.09. The van der Waals surface area contributed by atoms with Gasteiger partial charge in [0.15, 0.2) is 0 Å². The van der Waals surface area contributed by atoms with E-state index in [1.165, 1.54) is 5.57 Å². The lowest BCUT2D eigenvalue weighted by Crippen LogP contribution is -1.98. The van der Waals surface area contributed by atoms with Crippen LogP contribution in [0.4, 0.5) is 0 Å². The van der Waals surface area contributed by atoms with Gasteiger partial charge in [0, 0.05) is 12.8 Å². The molecule has 62 valence electrons. The molecule has 0 aromatic heterocycles. The molecule has 1 rings (SSSR count). The van der Waals surface area contributed by atoms with Crippen LogP contribution in [0.3, 0.4) is 0 Å². The first-order chi connectivity index (χ1) is 5.24. The van der Waals surface area contributed by atoms with Crippen molar-refractivity contribution in [1.82, 2.24) is 0 Å². The zero-order chi connectivity index (χ0) is 8.27. The second-order valence-electron chi connectivity index (χ2n) is 3.39. The van der Waals surface area contributed by atoms with Gasteiger partial charge in [-0.25, -0.2) is 0 Å². The highest BCUT2D eigenvalue weighted by Gasteiger charge is 2.23. The highest BCUT2D eigenvalue weighted by molar-refractivity contribution is 5.81. The van der Waals surface area contributed by atoms with Crippen LogP contribution in [0.15, 0.2) is 12.2 Å². The molecule has 1 aliphatic rings. The number of ketones is 1. The third kappa shape index (κ3) is 2.18. The highest BCUT2D eigenvalue weighted by atomic mass is 16.1. The van der Waals surface area contributed by atoms with Gasteiger partial charge >= 0.3 is 0 Å². The summed E-state index contributed by atoms with van der Waals surface area (Å²) in [6.45, 7) is 6.16. The number of hydrogen-bond donors (Lipinski definition) is 0. The van der Waals surface area contributed by atoms with Gasteiger partial charge in [-0.1, -0.05) is 25.5 Å². The number of rotatable bonds is 3. The van der Waals surface area contributed by atoms with Crippen molar-refractivity contribution in [1.29, 1.82) is 0 Å². The van der Waals surface area contributed by atoms with Crippen molar-refractivity contribution >= 4 is 5.78 Å². The van der Waals surface area contributed by atoms with Crippen LogP contribution < -0.4 is 0 Å². The van der Waals surface area contributed by atoms with Crippen molar-refractivity contribution in [2.24, 2.45) is 5.92 Å². The Kier molecular flexibility index (Phi) is 2.86. The smallest absolute Gasteiger partial charge is 0.133 e. The minimum Gasteiger partial charge on any atom is -0.300 e. The summed E-state index contributed by atoms with van der Waals surface area (Å²) >= 11 is 0. The summed E-state index contributed by atoms with van der Waals surface area (Å²) in [6, 6.07) is 0. The van der Waals surface area contributed by atoms with Crippen molar-refractivity contribution in [3.8, 4) is 0 Å². The molecule has 0 N–H and O–H groups in total. The Hall–Kier alpha value is -0.590. The second-order valence-corrected chi connectivity index (χ2v) is 3.39. The summed E-state index contributed by atoms with van der Waals surface area (Å²) in [5.41, 5.74) is 1.29. The van der Waals surface area contributed by atoms with Gasteiger partial charge < -0.3 is 0 Å². The zero-order valence-electron chi connectivity index (χ0n) is 7.23. The molecule has 0 bridgehead atoms. The van der Waals surface area contributed by atoms with Crippen molar-refractivity contribution in [2.45, 2.75) is 39.0 Å². The lowest BCUT2D eigenvalue weighted by molar-refractivity contribution is -0.117. The first kappa shape index (κ1) is 8.51. The Morgan fingerprint density at radius 2 is 2.45 bits per heavy atom. The minimum atomic E-state index is 0.423. The van der Waals surface area contributed by atoms with E-state index < -0.39 is 0 Å². The van der Waals surface area contributed by atoms with E-state index >= 15 is 0 Å². The monoisotopic (exact) mass is 152 g/mol. The van der Waals surface area contributed by atoms with Gasteiger partial charge in [0.25, 0.3) is 0 Å². The number of carbonyl (C=O) groups excluding carboxylic acids is 1. The molecule has 0 spiro atoms. The van der Waals surface area contributed by atoms with Crippen LogP contribution in [-0.4, -0.2) is 5.78 Å². The molecule has 0 saturated heterocycles. The van der Waals surface area contributed by atoms with E-state index in [2.05, 4.69) is 13.5 Å². The van der Waals surface area contributed by atoms with E-state index in [0.717, 1.165) is 32.1 Å². The molecule has 1 saturated carbocycles. The fraction of sp³-hybridized carbons (Fsp3) is 0.700. The highest BCUT2D eigenvalue weighted by Crippen LogP contribution is 2.29. The van der Waals surface area contributed by atoms with Gasteiger partial charge in [-0.15, -0.1) is 0 Å². The van der Waals surface area contributed by atoms with E-state index in [-0.39, 0.29) is 0 Å². The summed E-state index contributed by atoms with van der Waals surface area (Å²) < 4.78 is 0. The topological polar surface area (TPSA) is 17.1 Å². The zero-order valence-corrected chi connectivity index (χ0v) is 7.23. The Morgan fingerprint density at radius 1 is 1.73 bits per heavy atom. The summed E-state index contributed by atoms with van der Waals surface area (Å²) in [5.74, 6) is 0.940. The van der Waals surface area contributed by atoms with Crippen LogP contribution in [0, 0.1) is 5.92 Å². The van der Waals surface area contributed by atoms with Crippen LogP contribution in [0.5, 0.6) is 0 Å². The van der Waals surface area contributed by atoms with Crippen LogP contribution in [0.1, 0.15) is 39.0 Å². The maximum atomic E-state index is 10.9. The van der Waals surface area contributed by atoms with Crippen LogP contribution in [0.2, 0.25) is 0 Å². The Labute approximate surface area is 68.5 Å². The summed E-state index contributed by atoms with van der Waals surface area (Å²) in [5, 5.41) is 0. The Balaban J connectivity index is 2.37. The molecule has 0 amide bonds. The van der Waals surface area contributed by atoms with Crippen LogP contribution >= 0.6 is 0 Å². The number of hydrogen-bond acceptors (Lipinski definition) is 1. The quantitative estimate of drug-likeness (QED) is 0.568. The molecule has 1 heteroatoms. The summed E-state index contributed by atoms with van der Waals surface area (Å²) in [6.07, 6.45) is 4.85. The van der Waals surface area contributed by atoms with E-state index in [4.69, 9.17) is 0 Å². The van der Waals surface area contributed by atoms with E-state index in [1.807, 2.05) is 0 Å². The van der Waals surface area contributed by atoms with Gasteiger partial charge in [0.05, 0.1) is 0 Å². The SMILES string of the molecule is C=C(CCC)C1CCC(=O)C1. The predicted octanol–water partition coefficient (Wildman–Crippen LogP) is 2.71. The van der Waals surface area contributed by atoms with E-state index in [1.54, 1.807) is 0 Å². The van der Waals surface area contributed by atoms with E-state index in [0.29, 0.717) is 11.7 Å². The van der Waals surface area contributed by atoms with Gasteiger partial charge in [0.1, 0.15) is 5.78 Å². The van der Waals surface area contributed by atoms with Crippen molar-refractivity contribution < 1.29 is 4.79 Å². The summed E-state index contributed by atoms with van der Waals surface area (Å²) in [4.78, 5) is 10.9. The number of Topliss-reactive ketones (excluding diaryl/α,β-unsaturated/α-hetero) is 1. The standard InChI is InChI=1S/C10H16O/c1-3-4-8(2)9-5-6-10(11)7-9/h9H,2-7H2,1H3. The van der Waals surface area contributed by atoms with Crippen LogP contribution in [-0.2, 0) is 4.79 Å². The molecule has 0 aromatic carbocycles. The third-order valence-corrected chi connectivity index (χ3v) is 2.39. The molecular formula is C10H16O. The molecule has 1 nitrogen and oxygen atoms in total. The van der Waals surface area contributed by atoms with Crippen molar-refractivity contribution in [3.63, 3.8) is 0 Å². The summed E-state index contributed by atoms with van der Waals surface area (Å²) in [7, 11) is 0. The molecule has 1 atom stereocenters. The predicted molar refractivity (Wildman–Crippen MR) is 46.4 cm³/mol. The molecule has 11 heavy (non-hydrogen) atoms. The third-order valence-electron chi connectivity index (χ3n) is 2.39. The second kappa shape index (κ2) is 3.70. The minimum absolute atomic E-state index is 0.423. The van der Waals surface area contributed by atoms with Crippen LogP contribution in [0.25, 0.3) is 0 Å².